The fourth-order valence-corrected chi connectivity index (χ4v) is 2.47. The van der Waals surface area contributed by atoms with Crippen LogP contribution in [0.15, 0.2) is 46.9 Å². The molecular formula is C17H18BrNO3. The highest BCUT2D eigenvalue weighted by atomic mass is 79.9. The molecule has 0 bridgehead atoms. The third-order valence-electron chi connectivity index (χ3n) is 2.91. The Balaban J connectivity index is 2.20. The maximum Gasteiger partial charge on any atom is 0.255 e. The molecule has 0 fully saturated rings. The molecule has 0 radical (unpaired) electrons. The van der Waals surface area contributed by atoms with Crippen LogP contribution in [0.25, 0.3) is 0 Å². The van der Waals surface area contributed by atoms with E-state index in [1.165, 1.54) is 0 Å². The van der Waals surface area contributed by atoms with Gasteiger partial charge in [0.25, 0.3) is 5.91 Å². The first-order chi connectivity index (χ1) is 10.5. The summed E-state index contributed by atoms with van der Waals surface area (Å²) in [5.41, 5.74) is 1.18. The van der Waals surface area contributed by atoms with Crippen molar-refractivity contribution >= 4 is 27.5 Å². The lowest BCUT2D eigenvalue weighted by molar-refractivity contribution is 0.102. The van der Waals surface area contributed by atoms with Crippen LogP contribution in [0.1, 0.15) is 24.2 Å². The van der Waals surface area contributed by atoms with Crippen LogP contribution in [0.2, 0.25) is 0 Å². The van der Waals surface area contributed by atoms with Gasteiger partial charge in [0, 0.05) is 5.56 Å². The van der Waals surface area contributed by atoms with Gasteiger partial charge in [-0.3, -0.25) is 4.79 Å². The number of anilines is 1. The van der Waals surface area contributed by atoms with Crippen molar-refractivity contribution in [3.63, 3.8) is 0 Å². The number of hydrogen-bond acceptors (Lipinski definition) is 3. The lowest BCUT2D eigenvalue weighted by atomic mass is 10.2. The molecule has 0 saturated carbocycles. The number of ether oxygens (including phenoxy) is 2. The number of para-hydroxylation sites is 2. The van der Waals surface area contributed by atoms with Gasteiger partial charge in [0.2, 0.25) is 0 Å². The maximum atomic E-state index is 12.4. The lowest BCUT2D eigenvalue weighted by Gasteiger charge is -2.15. The highest BCUT2D eigenvalue weighted by molar-refractivity contribution is 9.10. The van der Waals surface area contributed by atoms with E-state index in [0.29, 0.717) is 22.7 Å². The minimum Gasteiger partial charge on any atom is -0.496 e. The van der Waals surface area contributed by atoms with Gasteiger partial charge in [-0.1, -0.05) is 12.1 Å². The number of carbonyl (C=O) groups is 1. The molecule has 0 atom stereocenters. The fourth-order valence-electron chi connectivity index (χ4n) is 1.93. The van der Waals surface area contributed by atoms with Crippen molar-refractivity contribution in [2.45, 2.75) is 20.0 Å². The van der Waals surface area contributed by atoms with E-state index in [1.807, 2.05) is 38.1 Å². The van der Waals surface area contributed by atoms with Crippen LogP contribution in [0.5, 0.6) is 11.5 Å². The summed E-state index contributed by atoms with van der Waals surface area (Å²) in [7, 11) is 1.58. The van der Waals surface area contributed by atoms with Gasteiger partial charge in [-0.2, -0.15) is 0 Å². The SMILES string of the molecule is COc1ccc(C(=O)Nc2ccccc2OC(C)C)cc1Br. The molecular weight excluding hydrogens is 346 g/mol. The van der Waals surface area contributed by atoms with E-state index < -0.39 is 0 Å². The minimum absolute atomic E-state index is 0.0354. The Hall–Kier alpha value is -2.01. The number of rotatable bonds is 5. The Morgan fingerprint density at radius 2 is 1.86 bits per heavy atom. The molecule has 22 heavy (non-hydrogen) atoms. The summed E-state index contributed by atoms with van der Waals surface area (Å²) in [5.74, 6) is 1.13. The summed E-state index contributed by atoms with van der Waals surface area (Å²) < 4.78 is 11.6. The molecule has 116 valence electrons. The number of methoxy groups -OCH3 is 1. The monoisotopic (exact) mass is 363 g/mol. The van der Waals surface area contributed by atoms with E-state index in [9.17, 15) is 4.79 Å². The molecule has 0 aliphatic carbocycles. The fraction of sp³-hybridized carbons (Fsp3) is 0.235. The van der Waals surface area contributed by atoms with E-state index in [1.54, 1.807) is 25.3 Å². The first-order valence-corrected chi connectivity index (χ1v) is 7.71. The second kappa shape index (κ2) is 7.31. The second-order valence-electron chi connectivity index (χ2n) is 4.97. The molecule has 2 aromatic carbocycles. The average molecular weight is 364 g/mol. The van der Waals surface area contributed by atoms with Crippen LogP contribution in [0.3, 0.4) is 0 Å². The molecule has 0 heterocycles. The molecule has 2 aromatic rings. The molecule has 0 aliphatic heterocycles. The summed E-state index contributed by atoms with van der Waals surface area (Å²) in [6, 6.07) is 12.6. The standard InChI is InChI=1S/C17H18BrNO3/c1-11(2)22-16-7-5-4-6-14(16)19-17(20)12-8-9-15(21-3)13(18)10-12/h4-11H,1-3H3,(H,19,20). The quantitative estimate of drug-likeness (QED) is 0.850. The summed E-state index contributed by atoms with van der Waals surface area (Å²) in [6.07, 6.45) is 0.0354. The van der Waals surface area contributed by atoms with Crippen molar-refractivity contribution in [3.8, 4) is 11.5 Å². The highest BCUT2D eigenvalue weighted by Crippen LogP contribution is 2.28. The van der Waals surface area contributed by atoms with Crippen LogP contribution >= 0.6 is 15.9 Å². The Labute approximate surface area is 138 Å². The van der Waals surface area contributed by atoms with Gasteiger partial charge in [0.05, 0.1) is 23.4 Å². The lowest BCUT2D eigenvalue weighted by Crippen LogP contribution is -2.14. The molecule has 1 N–H and O–H groups in total. The maximum absolute atomic E-state index is 12.4. The topological polar surface area (TPSA) is 47.6 Å². The zero-order valence-corrected chi connectivity index (χ0v) is 14.3. The van der Waals surface area contributed by atoms with Gasteiger partial charge in [0.15, 0.2) is 0 Å². The van der Waals surface area contributed by atoms with Crippen LogP contribution < -0.4 is 14.8 Å². The van der Waals surface area contributed by atoms with Gasteiger partial charge in [-0.15, -0.1) is 0 Å². The van der Waals surface area contributed by atoms with Crippen molar-refractivity contribution in [3.05, 3.63) is 52.5 Å². The Morgan fingerprint density at radius 3 is 2.50 bits per heavy atom. The number of halogens is 1. The van der Waals surface area contributed by atoms with E-state index in [-0.39, 0.29) is 12.0 Å². The van der Waals surface area contributed by atoms with E-state index >= 15 is 0 Å². The smallest absolute Gasteiger partial charge is 0.255 e. The highest BCUT2D eigenvalue weighted by Gasteiger charge is 2.12. The van der Waals surface area contributed by atoms with Crippen molar-refractivity contribution in [2.24, 2.45) is 0 Å². The molecule has 0 aromatic heterocycles. The summed E-state index contributed by atoms with van der Waals surface area (Å²) in [5, 5.41) is 2.87. The first kappa shape index (κ1) is 16.4. The van der Waals surface area contributed by atoms with Crippen LogP contribution in [0.4, 0.5) is 5.69 Å². The minimum atomic E-state index is -0.205. The predicted molar refractivity (Wildman–Crippen MR) is 90.9 cm³/mol. The molecule has 0 saturated heterocycles. The van der Waals surface area contributed by atoms with Gasteiger partial charge < -0.3 is 14.8 Å². The molecule has 0 unspecified atom stereocenters. The van der Waals surface area contributed by atoms with Gasteiger partial charge in [-0.05, 0) is 60.1 Å². The van der Waals surface area contributed by atoms with Crippen molar-refractivity contribution < 1.29 is 14.3 Å². The molecule has 0 aliphatic rings. The van der Waals surface area contributed by atoms with Crippen molar-refractivity contribution in [2.75, 3.05) is 12.4 Å². The van der Waals surface area contributed by atoms with Crippen LogP contribution in [0, 0.1) is 0 Å². The van der Waals surface area contributed by atoms with Crippen LogP contribution in [-0.2, 0) is 0 Å². The van der Waals surface area contributed by atoms with Crippen molar-refractivity contribution in [1.29, 1.82) is 0 Å². The van der Waals surface area contributed by atoms with Crippen LogP contribution in [-0.4, -0.2) is 19.1 Å². The molecule has 5 heteroatoms. The summed E-state index contributed by atoms with van der Waals surface area (Å²) in [4.78, 5) is 12.4. The van der Waals surface area contributed by atoms with E-state index in [0.717, 1.165) is 4.47 Å². The number of carbonyl (C=O) groups excluding carboxylic acids is 1. The third-order valence-corrected chi connectivity index (χ3v) is 3.53. The second-order valence-corrected chi connectivity index (χ2v) is 5.82. The Morgan fingerprint density at radius 1 is 1.14 bits per heavy atom. The Kier molecular flexibility index (Phi) is 5.44. The van der Waals surface area contributed by atoms with Gasteiger partial charge in [0.1, 0.15) is 11.5 Å². The molecule has 0 spiro atoms. The number of benzene rings is 2. The van der Waals surface area contributed by atoms with E-state index in [2.05, 4.69) is 21.2 Å². The predicted octanol–water partition coefficient (Wildman–Crippen LogP) is 4.50. The van der Waals surface area contributed by atoms with Gasteiger partial charge in [-0.25, -0.2) is 0 Å². The Bertz CT molecular complexity index is 671. The number of amides is 1. The number of nitrogens with one attached hydrogen (secondary N) is 1. The third kappa shape index (κ3) is 4.01. The normalized spacial score (nSPS) is 10.4. The summed E-state index contributed by atoms with van der Waals surface area (Å²) >= 11 is 3.38. The summed E-state index contributed by atoms with van der Waals surface area (Å²) in [6.45, 7) is 3.89. The molecule has 2 rings (SSSR count). The molecule has 1 amide bonds. The average Bonchev–Trinajstić information content (AvgIpc) is 2.48. The zero-order chi connectivity index (χ0) is 16.1. The number of hydrogen-bond donors (Lipinski definition) is 1. The zero-order valence-electron chi connectivity index (χ0n) is 12.7. The molecule has 4 nitrogen and oxygen atoms in total. The van der Waals surface area contributed by atoms with Crippen molar-refractivity contribution in [1.82, 2.24) is 0 Å². The van der Waals surface area contributed by atoms with Gasteiger partial charge >= 0.3 is 0 Å². The largest absolute Gasteiger partial charge is 0.496 e. The van der Waals surface area contributed by atoms with E-state index in [4.69, 9.17) is 9.47 Å². The first-order valence-electron chi connectivity index (χ1n) is 6.92.